The van der Waals surface area contributed by atoms with Crippen molar-refractivity contribution in [3.05, 3.63) is 0 Å². The Morgan fingerprint density at radius 3 is 2.62 bits per heavy atom. The van der Waals surface area contributed by atoms with Crippen LogP contribution in [0, 0.1) is 17.8 Å². The molecule has 4 rings (SSSR count). The van der Waals surface area contributed by atoms with Crippen molar-refractivity contribution < 1.29 is 38.4 Å². The van der Waals surface area contributed by atoms with E-state index < -0.39 is 58.9 Å². The zero-order valence-corrected chi connectivity index (χ0v) is 15.2. The number of aliphatic carboxylic acids is 1. The Morgan fingerprint density at radius 2 is 2.00 bits per heavy atom. The Bertz CT molecular complexity index is 687. The van der Waals surface area contributed by atoms with Gasteiger partial charge >= 0.3 is 18.0 Å². The first kappa shape index (κ1) is 17.7. The van der Waals surface area contributed by atoms with Gasteiger partial charge in [-0.15, -0.1) is 0 Å². The first-order valence-electron chi connectivity index (χ1n) is 8.75. The average Bonchev–Trinajstić information content (AvgIpc) is 3.08. The Kier molecular flexibility index (Phi) is 3.52. The summed E-state index contributed by atoms with van der Waals surface area (Å²) in [5.41, 5.74) is -1.40. The molecule has 0 aromatic heterocycles. The Labute approximate surface area is 150 Å². The third-order valence-electron chi connectivity index (χ3n) is 5.38. The fourth-order valence-electron chi connectivity index (χ4n) is 4.23. The number of nitrogens with zero attached hydrogens (tertiary/aromatic N) is 1. The van der Waals surface area contributed by atoms with Gasteiger partial charge in [-0.2, -0.15) is 0 Å². The quantitative estimate of drug-likeness (QED) is 0.766. The Morgan fingerprint density at radius 1 is 1.31 bits per heavy atom. The van der Waals surface area contributed by atoms with Gasteiger partial charge in [0.05, 0.1) is 30.7 Å². The molecule has 0 radical (unpaired) electrons. The summed E-state index contributed by atoms with van der Waals surface area (Å²) < 4.78 is 22.9. The van der Waals surface area contributed by atoms with Gasteiger partial charge in [-0.05, 0) is 27.7 Å². The number of carbonyl (C=O) groups excluding carboxylic acids is 2. The molecule has 0 spiro atoms. The van der Waals surface area contributed by atoms with Crippen LogP contribution in [0.3, 0.4) is 0 Å². The van der Waals surface area contributed by atoms with Crippen molar-refractivity contribution in [2.75, 3.05) is 13.2 Å². The summed E-state index contributed by atoms with van der Waals surface area (Å²) in [7, 11) is 0. The molecule has 2 amide bonds. The van der Waals surface area contributed by atoms with Crippen LogP contribution in [-0.4, -0.2) is 64.4 Å². The maximum atomic E-state index is 12.8. The molecule has 6 atom stereocenters. The van der Waals surface area contributed by atoms with E-state index in [-0.39, 0.29) is 6.61 Å². The van der Waals surface area contributed by atoms with E-state index in [0.29, 0.717) is 13.0 Å². The number of carbonyl (C=O) groups is 3. The lowest BCUT2D eigenvalue weighted by atomic mass is 10.0. The highest BCUT2D eigenvalue weighted by Crippen LogP contribution is 2.61. The molecule has 9 heteroatoms. The Balaban J connectivity index is 1.69. The lowest BCUT2D eigenvalue weighted by molar-refractivity contribution is -0.387. The second-order valence-electron chi connectivity index (χ2n) is 8.64. The van der Waals surface area contributed by atoms with Crippen molar-refractivity contribution in [2.24, 2.45) is 17.8 Å². The van der Waals surface area contributed by atoms with Gasteiger partial charge in [-0.1, -0.05) is 0 Å². The number of rotatable bonds is 2. The summed E-state index contributed by atoms with van der Waals surface area (Å²) >= 11 is 0. The molecule has 4 aliphatic rings. The summed E-state index contributed by atoms with van der Waals surface area (Å²) in [5, 5.41) is 9.41. The zero-order chi connectivity index (χ0) is 19.1. The van der Waals surface area contributed by atoms with Crippen LogP contribution in [0.5, 0.6) is 0 Å². The number of amides is 2. The molecule has 9 nitrogen and oxygen atoms in total. The van der Waals surface area contributed by atoms with Gasteiger partial charge in [-0.3, -0.25) is 9.59 Å². The summed E-state index contributed by atoms with van der Waals surface area (Å²) in [6, 6.07) is -0.988. The average molecular weight is 369 g/mol. The highest BCUT2D eigenvalue weighted by molar-refractivity contribution is 6.02. The molecular weight excluding hydrogens is 346 g/mol. The predicted molar refractivity (Wildman–Crippen MR) is 83.7 cm³/mol. The topological polar surface area (TPSA) is 112 Å². The molecule has 3 heterocycles. The molecule has 144 valence electrons. The van der Waals surface area contributed by atoms with Gasteiger partial charge in [-0.25, -0.2) is 9.69 Å². The molecule has 1 saturated carbocycles. The Hall–Kier alpha value is -1.71. The van der Waals surface area contributed by atoms with Crippen LogP contribution in [0.2, 0.25) is 0 Å². The van der Waals surface area contributed by atoms with Crippen LogP contribution < -0.4 is 0 Å². The SMILES string of the molecule is CC(C)(C)OC(=O)N1C(=O)[C@@H]2[C@H](C(=O)O)[C@@H]2[C@H]1C12OCCC(C)(CO1)O2. The van der Waals surface area contributed by atoms with Crippen molar-refractivity contribution in [2.45, 2.75) is 57.3 Å². The van der Waals surface area contributed by atoms with Crippen LogP contribution in [0.4, 0.5) is 4.79 Å². The van der Waals surface area contributed by atoms with Crippen LogP contribution in [0.25, 0.3) is 0 Å². The van der Waals surface area contributed by atoms with Crippen LogP contribution in [0.15, 0.2) is 0 Å². The van der Waals surface area contributed by atoms with E-state index in [1.165, 1.54) is 0 Å². The molecule has 26 heavy (non-hydrogen) atoms. The highest BCUT2D eigenvalue weighted by Gasteiger charge is 2.78. The van der Waals surface area contributed by atoms with E-state index in [9.17, 15) is 19.5 Å². The van der Waals surface area contributed by atoms with E-state index in [2.05, 4.69) is 0 Å². The highest BCUT2D eigenvalue weighted by atomic mass is 16.9. The van der Waals surface area contributed by atoms with E-state index in [1.54, 1.807) is 20.8 Å². The number of carboxylic acid groups (broad SMARTS) is 1. The normalized spacial score (nSPS) is 44.0. The molecule has 0 aromatic carbocycles. The van der Waals surface area contributed by atoms with Gasteiger partial charge in [0.2, 0.25) is 5.91 Å². The number of hydrogen-bond acceptors (Lipinski definition) is 7. The molecule has 4 fully saturated rings. The van der Waals surface area contributed by atoms with Gasteiger partial charge in [0.15, 0.2) is 0 Å². The minimum absolute atomic E-state index is 0.245. The van der Waals surface area contributed by atoms with Crippen molar-refractivity contribution in [3.63, 3.8) is 0 Å². The van der Waals surface area contributed by atoms with Crippen LogP contribution >= 0.6 is 0 Å². The van der Waals surface area contributed by atoms with E-state index >= 15 is 0 Å². The fourth-order valence-corrected chi connectivity index (χ4v) is 4.23. The summed E-state index contributed by atoms with van der Waals surface area (Å²) in [6.07, 6.45) is -0.230. The number of carboxylic acids is 1. The molecule has 1 N–H and O–H groups in total. The van der Waals surface area contributed by atoms with Gasteiger partial charge < -0.3 is 24.1 Å². The molecular formula is C17H23NO8. The molecule has 3 aliphatic heterocycles. The number of ether oxygens (including phenoxy) is 4. The standard InChI is InChI=1S/C17H23NO8/c1-15(2,3)25-14(22)18-11(8-9(12(18)19)10(8)13(20)21)17-23-6-5-16(4,26-17)7-24-17/h8-11H,5-7H2,1-4H3,(H,20,21)/t8-,9+,10-,11+,16?,17?/m1/s1. The minimum atomic E-state index is -1.64. The maximum absolute atomic E-state index is 12.8. The summed E-state index contributed by atoms with van der Waals surface area (Å²) in [5.74, 6) is -5.56. The van der Waals surface area contributed by atoms with Crippen molar-refractivity contribution in [1.82, 2.24) is 4.90 Å². The van der Waals surface area contributed by atoms with Crippen molar-refractivity contribution in [3.8, 4) is 0 Å². The second kappa shape index (κ2) is 5.17. The maximum Gasteiger partial charge on any atom is 0.417 e. The minimum Gasteiger partial charge on any atom is -0.481 e. The lowest BCUT2D eigenvalue weighted by Crippen LogP contribution is -2.61. The first-order chi connectivity index (χ1) is 12.0. The number of fused-ring (bicyclic) bond motifs is 3. The van der Waals surface area contributed by atoms with E-state index in [4.69, 9.17) is 18.9 Å². The third-order valence-corrected chi connectivity index (χ3v) is 5.38. The van der Waals surface area contributed by atoms with Crippen molar-refractivity contribution >= 4 is 18.0 Å². The number of hydrogen-bond donors (Lipinski definition) is 1. The van der Waals surface area contributed by atoms with Gasteiger partial charge in [0.25, 0.3) is 0 Å². The first-order valence-corrected chi connectivity index (χ1v) is 8.75. The smallest absolute Gasteiger partial charge is 0.417 e. The van der Waals surface area contributed by atoms with E-state index in [0.717, 1.165) is 4.90 Å². The predicted octanol–water partition coefficient (Wildman–Crippen LogP) is 0.959. The van der Waals surface area contributed by atoms with Crippen LogP contribution in [0.1, 0.15) is 34.1 Å². The molecule has 1 aliphatic carbocycles. The van der Waals surface area contributed by atoms with Gasteiger partial charge in [0.1, 0.15) is 11.6 Å². The third kappa shape index (κ3) is 2.44. The zero-order valence-electron chi connectivity index (χ0n) is 15.2. The monoisotopic (exact) mass is 369 g/mol. The lowest BCUT2D eigenvalue weighted by Gasteiger charge is -2.42. The number of piperidine rings is 1. The summed E-state index contributed by atoms with van der Waals surface area (Å²) in [6.45, 7) is 7.52. The number of likely N-dealkylation sites (tertiary alicyclic amines) is 1. The molecule has 2 bridgehead atoms. The largest absolute Gasteiger partial charge is 0.481 e. The summed E-state index contributed by atoms with van der Waals surface area (Å²) in [4.78, 5) is 37.9. The van der Waals surface area contributed by atoms with E-state index in [1.807, 2.05) is 6.92 Å². The van der Waals surface area contributed by atoms with Crippen molar-refractivity contribution in [1.29, 1.82) is 0 Å². The molecule has 0 aromatic rings. The molecule has 3 saturated heterocycles. The fraction of sp³-hybridized carbons (Fsp3) is 0.824. The number of imide groups is 1. The second-order valence-corrected chi connectivity index (χ2v) is 8.64. The van der Waals surface area contributed by atoms with Gasteiger partial charge in [0, 0.05) is 12.3 Å². The van der Waals surface area contributed by atoms with Crippen LogP contribution in [-0.2, 0) is 28.5 Å². The molecule has 2 unspecified atom stereocenters.